The second-order valence-electron chi connectivity index (χ2n) is 7.96. The standard InChI is InChI=1S/C26H27N3O2/c1-19-9-13-22(14-10-19)27-25(30)18-20-11-15-23(16-12-20)28-26(31)29-17-5-4-7-21-6-2-3-8-24(21)29/h2-3,6,8-16H,4-5,7,17-18H2,1H3,(H,27,30)(H,28,31). The summed E-state index contributed by atoms with van der Waals surface area (Å²) in [6, 6.07) is 23.1. The van der Waals surface area contributed by atoms with Crippen LogP contribution < -0.4 is 15.5 Å². The van der Waals surface area contributed by atoms with Gasteiger partial charge in [0.25, 0.3) is 0 Å². The summed E-state index contributed by atoms with van der Waals surface area (Å²) in [7, 11) is 0. The molecule has 158 valence electrons. The van der Waals surface area contributed by atoms with Crippen molar-refractivity contribution < 1.29 is 9.59 Å². The number of carbonyl (C=O) groups is 2. The first-order chi connectivity index (χ1) is 15.1. The highest BCUT2D eigenvalue weighted by molar-refractivity contribution is 6.02. The van der Waals surface area contributed by atoms with Crippen LogP contribution in [0.15, 0.2) is 72.8 Å². The molecule has 3 aromatic carbocycles. The second kappa shape index (κ2) is 9.47. The number of nitrogens with one attached hydrogen (secondary N) is 2. The van der Waals surface area contributed by atoms with E-state index in [1.165, 1.54) is 5.56 Å². The molecular formula is C26H27N3O2. The minimum atomic E-state index is -0.126. The third kappa shape index (κ3) is 5.31. The zero-order valence-electron chi connectivity index (χ0n) is 17.7. The minimum Gasteiger partial charge on any atom is -0.326 e. The van der Waals surface area contributed by atoms with E-state index in [0.717, 1.165) is 47.5 Å². The van der Waals surface area contributed by atoms with Crippen molar-refractivity contribution in [2.75, 3.05) is 22.1 Å². The molecule has 0 aliphatic carbocycles. The summed E-state index contributed by atoms with van der Waals surface area (Å²) in [6.07, 6.45) is 3.35. The Labute approximate surface area is 183 Å². The molecule has 1 heterocycles. The molecule has 2 N–H and O–H groups in total. The molecule has 4 rings (SSSR count). The fourth-order valence-electron chi connectivity index (χ4n) is 3.83. The minimum absolute atomic E-state index is 0.0678. The Kier molecular flexibility index (Phi) is 6.32. The van der Waals surface area contributed by atoms with Crippen LogP contribution >= 0.6 is 0 Å². The summed E-state index contributed by atoms with van der Waals surface area (Å²) in [5, 5.41) is 5.90. The first kappa shape index (κ1) is 20.7. The predicted octanol–water partition coefficient (Wildman–Crippen LogP) is 5.55. The largest absolute Gasteiger partial charge is 0.326 e. The van der Waals surface area contributed by atoms with Gasteiger partial charge in [0.15, 0.2) is 0 Å². The lowest BCUT2D eigenvalue weighted by Crippen LogP contribution is -2.35. The van der Waals surface area contributed by atoms with Gasteiger partial charge < -0.3 is 10.6 Å². The van der Waals surface area contributed by atoms with E-state index in [2.05, 4.69) is 16.7 Å². The summed E-state index contributed by atoms with van der Waals surface area (Å²) in [5.74, 6) is -0.0678. The topological polar surface area (TPSA) is 61.4 Å². The van der Waals surface area contributed by atoms with Crippen molar-refractivity contribution in [3.63, 3.8) is 0 Å². The molecule has 5 nitrogen and oxygen atoms in total. The molecule has 1 aliphatic heterocycles. The van der Waals surface area contributed by atoms with Crippen LogP contribution in [-0.2, 0) is 17.6 Å². The van der Waals surface area contributed by atoms with Gasteiger partial charge in [-0.2, -0.15) is 0 Å². The molecule has 0 bridgehead atoms. The van der Waals surface area contributed by atoms with Crippen molar-refractivity contribution in [2.45, 2.75) is 32.6 Å². The predicted molar refractivity (Wildman–Crippen MR) is 126 cm³/mol. The number of para-hydroxylation sites is 1. The summed E-state index contributed by atoms with van der Waals surface area (Å²) < 4.78 is 0. The lowest BCUT2D eigenvalue weighted by atomic mass is 10.1. The van der Waals surface area contributed by atoms with Gasteiger partial charge in [-0.05, 0) is 67.6 Å². The zero-order chi connectivity index (χ0) is 21.6. The van der Waals surface area contributed by atoms with E-state index in [9.17, 15) is 9.59 Å². The van der Waals surface area contributed by atoms with Crippen LogP contribution in [0.2, 0.25) is 0 Å². The Bertz CT molecular complexity index is 1060. The third-order valence-corrected chi connectivity index (χ3v) is 5.51. The molecule has 0 saturated carbocycles. The molecule has 31 heavy (non-hydrogen) atoms. The maximum atomic E-state index is 12.9. The number of hydrogen-bond donors (Lipinski definition) is 2. The zero-order valence-corrected chi connectivity index (χ0v) is 17.7. The lowest BCUT2D eigenvalue weighted by Gasteiger charge is -2.23. The number of hydrogen-bond acceptors (Lipinski definition) is 2. The molecule has 0 atom stereocenters. The van der Waals surface area contributed by atoms with E-state index in [-0.39, 0.29) is 18.4 Å². The summed E-state index contributed by atoms with van der Waals surface area (Å²) in [4.78, 5) is 27.0. The van der Waals surface area contributed by atoms with Crippen LogP contribution in [0, 0.1) is 6.92 Å². The average molecular weight is 414 g/mol. The number of rotatable bonds is 4. The van der Waals surface area contributed by atoms with E-state index in [4.69, 9.17) is 0 Å². The van der Waals surface area contributed by atoms with Crippen molar-refractivity contribution in [1.29, 1.82) is 0 Å². The fourth-order valence-corrected chi connectivity index (χ4v) is 3.83. The highest BCUT2D eigenvalue weighted by Crippen LogP contribution is 2.26. The van der Waals surface area contributed by atoms with Gasteiger partial charge in [0.2, 0.25) is 5.91 Å². The Morgan fingerprint density at radius 1 is 0.839 bits per heavy atom. The van der Waals surface area contributed by atoms with Crippen LogP contribution in [0.1, 0.15) is 29.5 Å². The SMILES string of the molecule is Cc1ccc(NC(=O)Cc2ccc(NC(=O)N3CCCCc4ccccc43)cc2)cc1. The van der Waals surface area contributed by atoms with E-state index in [0.29, 0.717) is 6.54 Å². The van der Waals surface area contributed by atoms with Crippen molar-refractivity contribution in [3.8, 4) is 0 Å². The number of amides is 3. The average Bonchev–Trinajstić information content (AvgIpc) is 2.99. The van der Waals surface area contributed by atoms with Crippen molar-refractivity contribution in [1.82, 2.24) is 0 Å². The summed E-state index contributed by atoms with van der Waals surface area (Å²) in [5.41, 5.74) is 5.75. The third-order valence-electron chi connectivity index (χ3n) is 5.51. The number of urea groups is 1. The van der Waals surface area contributed by atoms with Gasteiger partial charge in [-0.1, -0.05) is 48.0 Å². The molecule has 0 fully saturated rings. The Balaban J connectivity index is 1.36. The highest BCUT2D eigenvalue weighted by atomic mass is 16.2. The number of anilines is 3. The molecule has 3 aromatic rings. The molecule has 0 unspecified atom stereocenters. The van der Waals surface area contributed by atoms with E-state index in [1.54, 1.807) is 0 Å². The smallest absolute Gasteiger partial charge is 0.326 e. The van der Waals surface area contributed by atoms with Crippen LogP contribution in [0.3, 0.4) is 0 Å². The van der Waals surface area contributed by atoms with Crippen LogP contribution in [0.5, 0.6) is 0 Å². The molecule has 3 amide bonds. The Morgan fingerprint density at radius 3 is 2.29 bits per heavy atom. The first-order valence-electron chi connectivity index (χ1n) is 10.7. The van der Waals surface area contributed by atoms with Crippen molar-refractivity contribution in [2.24, 2.45) is 0 Å². The van der Waals surface area contributed by atoms with Gasteiger partial charge in [0.1, 0.15) is 0 Å². The van der Waals surface area contributed by atoms with E-state index in [1.807, 2.05) is 78.6 Å². The number of nitrogens with zero attached hydrogens (tertiary/aromatic N) is 1. The van der Waals surface area contributed by atoms with Crippen molar-refractivity contribution >= 4 is 29.0 Å². The molecule has 0 saturated heterocycles. The molecule has 1 aliphatic rings. The molecule has 0 spiro atoms. The van der Waals surface area contributed by atoms with Crippen LogP contribution in [0.25, 0.3) is 0 Å². The molecule has 5 heteroatoms. The van der Waals surface area contributed by atoms with Gasteiger partial charge in [0.05, 0.1) is 6.42 Å². The van der Waals surface area contributed by atoms with Gasteiger partial charge in [0, 0.05) is 23.6 Å². The van der Waals surface area contributed by atoms with Gasteiger partial charge >= 0.3 is 6.03 Å². The normalized spacial score (nSPS) is 13.1. The lowest BCUT2D eigenvalue weighted by molar-refractivity contribution is -0.115. The number of aryl methyl sites for hydroxylation is 2. The summed E-state index contributed by atoms with van der Waals surface area (Å²) in [6.45, 7) is 2.72. The van der Waals surface area contributed by atoms with E-state index < -0.39 is 0 Å². The number of benzene rings is 3. The van der Waals surface area contributed by atoms with Gasteiger partial charge in [-0.25, -0.2) is 4.79 Å². The number of carbonyl (C=O) groups excluding carboxylic acids is 2. The molecular weight excluding hydrogens is 386 g/mol. The summed E-state index contributed by atoms with van der Waals surface area (Å²) >= 11 is 0. The first-order valence-corrected chi connectivity index (χ1v) is 10.7. The molecule has 0 radical (unpaired) electrons. The number of fused-ring (bicyclic) bond motifs is 1. The quantitative estimate of drug-likeness (QED) is 0.589. The maximum absolute atomic E-state index is 12.9. The maximum Gasteiger partial charge on any atom is 0.326 e. The monoisotopic (exact) mass is 413 g/mol. The second-order valence-corrected chi connectivity index (χ2v) is 7.96. The molecule has 0 aromatic heterocycles. The van der Waals surface area contributed by atoms with Gasteiger partial charge in [-0.15, -0.1) is 0 Å². The Hall–Kier alpha value is -3.60. The van der Waals surface area contributed by atoms with Crippen LogP contribution in [0.4, 0.5) is 21.9 Å². The highest BCUT2D eigenvalue weighted by Gasteiger charge is 2.20. The van der Waals surface area contributed by atoms with E-state index >= 15 is 0 Å². The van der Waals surface area contributed by atoms with Crippen molar-refractivity contribution in [3.05, 3.63) is 89.5 Å². The van der Waals surface area contributed by atoms with Gasteiger partial charge in [-0.3, -0.25) is 9.69 Å². The Morgan fingerprint density at radius 2 is 1.52 bits per heavy atom. The van der Waals surface area contributed by atoms with Crippen LogP contribution in [-0.4, -0.2) is 18.5 Å². The fraction of sp³-hybridized carbons (Fsp3) is 0.231.